The second kappa shape index (κ2) is 5.46. The maximum Gasteiger partial charge on any atom is 0.296 e. The van der Waals surface area contributed by atoms with Crippen LogP contribution in [0.25, 0.3) is 0 Å². The summed E-state index contributed by atoms with van der Waals surface area (Å²) >= 11 is 0. The Kier molecular flexibility index (Phi) is 3.89. The van der Waals surface area contributed by atoms with Gasteiger partial charge in [0.15, 0.2) is 0 Å². The van der Waals surface area contributed by atoms with Crippen molar-refractivity contribution in [2.24, 2.45) is 5.41 Å². The molecule has 1 aromatic rings. The molecule has 0 aliphatic carbocycles. The third-order valence-corrected chi connectivity index (χ3v) is 3.57. The van der Waals surface area contributed by atoms with E-state index in [1.807, 2.05) is 6.92 Å². The van der Waals surface area contributed by atoms with Crippen LogP contribution in [0.2, 0.25) is 0 Å². The number of hydrogen-bond acceptors (Lipinski definition) is 5. The highest BCUT2D eigenvalue weighted by molar-refractivity contribution is 5.97. The number of hydrogen-bond donors (Lipinski definition) is 2. The van der Waals surface area contributed by atoms with Crippen LogP contribution >= 0.6 is 0 Å². The number of rotatable bonds is 4. The fourth-order valence-electron chi connectivity index (χ4n) is 2.18. The van der Waals surface area contributed by atoms with Crippen molar-refractivity contribution in [1.82, 2.24) is 5.32 Å². The van der Waals surface area contributed by atoms with E-state index in [1.54, 1.807) is 6.07 Å². The molecule has 1 aliphatic heterocycles. The molecule has 2 rings (SSSR count). The largest absolute Gasteiger partial charge is 0.496 e. The molecule has 1 heterocycles. The maximum atomic E-state index is 12.3. The first-order valence-corrected chi connectivity index (χ1v) is 6.31. The van der Waals surface area contributed by atoms with Gasteiger partial charge in [0.2, 0.25) is 5.91 Å². The Balaban J connectivity index is 2.24. The predicted octanol–water partition coefficient (Wildman–Crippen LogP) is 1.54. The van der Waals surface area contributed by atoms with Gasteiger partial charge >= 0.3 is 0 Å². The summed E-state index contributed by atoms with van der Waals surface area (Å²) in [6, 6.07) is 4.36. The Hall–Kier alpha value is -2.15. The standard InChI is InChI=1S/C13H17N3O4/c1-13(5-6-14-8-13)12(17)15-10-4-3-9(20-2)7-11(10)16(18)19/h3-4,7,14H,5-6,8H2,1-2H3,(H,15,17). The highest BCUT2D eigenvalue weighted by Crippen LogP contribution is 2.32. The van der Waals surface area contributed by atoms with Crippen LogP contribution in [0.4, 0.5) is 11.4 Å². The predicted molar refractivity (Wildman–Crippen MR) is 73.9 cm³/mol. The van der Waals surface area contributed by atoms with Gasteiger partial charge in [-0.3, -0.25) is 14.9 Å². The molecule has 0 saturated carbocycles. The first kappa shape index (κ1) is 14.3. The van der Waals surface area contributed by atoms with E-state index < -0.39 is 10.3 Å². The van der Waals surface area contributed by atoms with Gasteiger partial charge in [-0.25, -0.2) is 0 Å². The summed E-state index contributed by atoms with van der Waals surface area (Å²) in [6.45, 7) is 3.19. The lowest BCUT2D eigenvalue weighted by atomic mass is 9.88. The van der Waals surface area contributed by atoms with E-state index >= 15 is 0 Å². The summed E-state index contributed by atoms with van der Waals surface area (Å²) in [5, 5.41) is 16.8. The van der Waals surface area contributed by atoms with Gasteiger partial charge in [0.05, 0.1) is 23.5 Å². The topological polar surface area (TPSA) is 93.5 Å². The van der Waals surface area contributed by atoms with Crippen molar-refractivity contribution in [3.05, 3.63) is 28.3 Å². The molecule has 20 heavy (non-hydrogen) atoms. The number of nitrogens with one attached hydrogen (secondary N) is 2. The van der Waals surface area contributed by atoms with Crippen molar-refractivity contribution < 1.29 is 14.5 Å². The number of carbonyl (C=O) groups excluding carboxylic acids is 1. The molecule has 0 aromatic heterocycles. The lowest BCUT2D eigenvalue weighted by Crippen LogP contribution is -2.35. The second-order valence-corrected chi connectivity index (χ2v) is 5.08. The van der Waals surface area contributed by atoms with Gasteiger partial charge in [0, 0.05) is 6.54 Å². The zero-order valence-corrected chi connectivity index (χ0v) is 11.4. The van der Waals surface area contributed by atoms with Crippen molar-refractivity contribution in [3.63, 3.8) is 0 Å². The number of amides is 1. The minimum absolute atomic E-state index is 0.174. The molecule has 2 N–H and O–H groups in total. The first-order valence-electron chi connectivity index (χ1n) is 6.31. The Labute approximate surface area is 116 Å². The van der Waals surface area contributed by atoms with E-state index in [9.17, 15) is 14.9 Å². The van der Waals surface area contributed by atoms with E-state index in [-0.39, 0.29) is 17.3 Å². The molecule has 0 radical (unpaired) electrons. The summed E-state index contributed by atoms with van der Waals surface area (Å²) < 4.78 is 4.96. The third-order valence-electron chi connectivity index (χ3n) is 3.57. The number of nitrogens with zero attached hydrogens (tertiary/aromatic N) is 1. The fraction of sp³-hybridized carbons (Fsp3) is 0.462. The number of nitro benzene ring substituents is 1. The van der Waals surface area contributed by atoms with E-state index in [1.165, 1.54) is 19.2 Å². The average molecular weight is 279 g/mol. The van der Waals surface area contributed by atoms with Crippen LogP contribution in [-0.2, 0) is 4.79 Å². The lowest BCUT2D eigenvalue weighted by Gasteiger charge is -2.21. The van der Waals surface area contributed by atoms with Gasteiger partial charge in [-0.05, 0) is 32.0 Å². The molecule has 1 aromatic carbocycles. The van der Waals surface area contributed by atoms with Gasteiger partial charge in [0.1, 0.15) is 11.4 Å². The van der Waals surface area contributed by atoms with Crippen molar-refractivity contribution >= 4 is 17.3 Å². The Bertz CT molecular complexity index is 538. The molecule has 1 unspecified atom stereocenters. The number of methoxy groups -OCH3 is 1. The molecule has 1 amide bonds. The Morgan fingerprint density at radius 2 is 2.30 bits per heavy atom. The van der Waals surface area contributed by atoms with Crippen molar-refractivity contribution in [3.8, 4) is 5.75 Å². The summed E-state index contributed by atoms with van der Waals surface area (Å²) in [5.74, 6) is 0.166. The second-order valence-electron chi connectivity index (χ2n) is 5.08. The minimum atomic E-state index is -0.534. The molecule has 1 aliphatic rings. The SMILES string of the molecule is COc1ccc(NC(=O)C2(C)CCNC2)c([N+](=O)[O-])c1. The van der Waals surface area contributed by atoms with Crippen LogP contribution in [0.1, 0.15) is 13.3 Å². The van der Waals surface area contributed by atoms with Crippen LogP contribution in [0, 0.1) is 15.5 Å². The highest BCUT2D eigenvalue weighted by atomic mass is 16.6. The zero-order chi connectivity index (χ0) is 14.8. The van der Waals surface area contributed by atoms with Crippen LogP contribution in [0.5, 0.6) is 5.75 Å². The van der Waals surface area contributed by atoms with Crippen molar-refractivity contribution in [2.45, 2.75) is 13.3 Å². The number of benzene rings is 1. The Morgan fingerprint density at radius 3 is 2.85 bits per heavy atom. The normalized spacial score (nSPS) is 21.5. The van der Waals surface area contributed by atoms with Crippen molar-refractivity contribution in [1.29, 1.82) is 0 Å². The number of ether oxygens (including phenoxy) is 1. The van der Waals surface area contributed by atoms with E-state index in [2.05, 4.69) is 10.6 Å². The van der Waals surface area contributed by atoms with Gasteiger partial charge in [0.25, 0.3) is 5.69 Å². The van der Waals surface area contributed by atoms with Crippen LogP contribution < -0.4 is 15.4 Å². The first-order chi connectivity index (χ1) is 9.46. The molecule has 1 fully saturated rings. The zero-order valence-electron chi connectivity index (χ0n) is 11.4. The summed E-state index contributed by atoms with van der Waals surface area (Å²) in [7, 11) is 1.43. The number of carbonyl (C=O) groups is 1. The lowest BCUT2D eigenvalue weighted by molar-refractivity contribution is -0.384. The smallest absolute Gasteiger partial charge is 0.296 e. The van der Waals surface area contributed by atoms with Gasteiger partial charge in [-0.1, -0.05) is 0 Å². The van der Waals surface area contributed by atoms with Gasteiger partial charge < -0.3 is 15.4 Å². The molecule has 0 spiro atoms. The summed E-state index contributed by atoms with van der Waals surface area (Å²) in [4.78, 5) is 22.8. The monoisotopic (exact) mass is 279 g/mol. The molecular weight excluding hydrogens is 262 g/mol. The van der Waals surface area contributed by atoms with E-state index in [0.29, 0.717) is 18.7 Å². The molecule has 0 bridgehead atoms. The maximum absolute atomic E-state index is 12.3. The third kappa shape index (κ3) is 2.72. The molecule has 108 valence electrons. The van der Waals surface area contributed by atoms with Crippen LogP contribution in [0.3, 0.4) is 0 Å². The van der Waals surface area contributed by atoms with E-state index in [0.717, 1.165) is 6.54 Å². The van der Waals surface area contributed by atoms with Gasteiger partial charge in [-0.2, -0.15) is 0 Å². The number of anilines is 1. The molecule has 1 saturated heterocycles. The summed E-state index contributed by atoms with van der Waals surface area (Å²) in [6.07, 6.45) is 0.711. The summed E-state index contributed by atoms with van der Waals surface area (Å²) in [5.41, 5.74) is -0.519. The average Bonchev–Trinajstić information content (AvgIpc) is 2.87. The van der Waals surface area contributed by atoms with Gasteiger partial charge in [-0.15, -0.1) is 0 Å². The molecule has 7 nitrogen and oxygen atoms in total. The van der Waals surface area contributed by atoms with Crippen molar-refractivity contribution in [2.75, 3.05) is 25.5 Å². The number of nitro groups is 1. The highest BCUT2D eigenvalue weighted by Gasteiger charge is 2.37. The minimum Gasteiger partial charge on any atom is -0.496 e. The molecular formula is C13H17N3O4. The Morgan fingerprint density at radius 1 is 1.55 bits per heavy atom. The van der Waals surface area contributed by atoms with Crippen LogP contribution in [0.15, 0.2) is 18.2 Å². The van der Waals surface area contributed by atoms with Crippen LogP contribution in [-0.4, -0.2) is 31.0 Å². The molecule has 1 atom stereocenters. The quantitative estimate of drug-likeness (QED) is 0.644. The van der Waals surface area contributed by atoms with E-state index in [4.69, 9.17) is 4.74 Å². The molecule has 7 heteroatoms. The fourth-order valence-corrected chi connectivity index (χ4v) is 2.18.